The molecule has 2 aromatic carbocycles. The molecule has 2 N–H and O–H groups in total. The Kier molecular flexibility index (Phi) is 16.1. The van der Waals surface area contributed by atoms with Crippen LogP contribution in [0.3, 0.4) is 0 Å². The van der Waals surface area contributed by atoms with E-state index < -0.39 is 23.3 Å². The Labute approximate surface area is 363 Å². The van der Waals surface area contributed by atoms with Crippen molar-refractivity contribution in [2.45, 2.75) is 141 Å². The lowest BCUT2D eigenvalue weighted by Crippen LogP contribution is -2.70. The number of benzene rings is 2. The van der Waals surface area contributed by atoms with Gasteiger partial charge in [0.05, 0.1) is 30.9 Å². The third-order valence-electron chi connectivity index (χ3n) is 13.0. The molecule has 0 unspecified atom stereocenters. The number of amides is 1. The maximum atomic E-state index is 14.8. The molecule has 2 aromatic rings. The Hall–Kier alpha value is -4.19. The van der Waals surface area contributed by atoms with Gasteiger partial charge in [-0.2, -0.15) is 0 Å². The molecule has 1 heterocycles. The van der Waals surface area contributed by atoms with Gasteiger partial charge in [0.25, 0.3) is 0 Å². The monoisotopic (exact) mass is 843 g/mol. The molecular formula is C50H70N2O9. The standard InChI is InChI=1S/C50H70N2O9/c1-7-25-52(46(56)24-19-34-15-9-10-16-34)45-32-42(51-61-49(3,4)5)40-30-35(17-11-13-26-53)39(18-12-14-27-54)47-41-31-38(59-37-20-22-43(57-6)36(29-37)33-55)21-23-44(41)60-50(45,48(40)47)58-28-8-2/h8,20-23,29-31,33-35,39,45,47-48,53-54H,2,7,9-19,24-28,32H2,1,3-6H3/t35-,39+,45-,47+,48+,50+/m0/s1. The Morgan fingerprint density at radius 3 is 2.41 bits per heavy atom. The minimum absolute atomic E-state index is 0.0764. The lowest BCUT2D eigenvalue weighted by atomic mass is 9.55. The fourth-order valence-corrected chi connectivity index (χ4v) is 10.4. The van der Waals surface area contributed by atoms with Crippen LogP contribution < -0.4 is 14.2 Å². The van der Waals surface area contributed by atoms with E-state index in [4.69, 9.17) is 28.9 Å². The average Bonchev–Trinajstić information content (AvgIpc) is 3.78. The van der Waals surface area contributed by atoms with E-state index in [1.54, 1.807) is 24.3 Å². The first-order chi connectivity index (χ1) is 29.5. The van der Waals surface area contributed by atoms with Crippen molar-refractivity contribution in [2.24, 2.45) is 28.8 Å². The van der Waals surface area contributed by atoms with E-state index in [2.05, 4.69) is 25.6 Å². The van der Waals surface area contributed by atoms with Crippen molar-refractivity contribution in [2.75, 3.05) is 33.5 Å². The van der Waals surface area contributed by atoms with Crippen LogP contribution in [0.4, 0.5) is 0 Å². The summed E-state index contributed by atoms with van der Waals surface area (Å²) >= 11 is 0. The van der Waals surface area contributed by atoms with Crippen molar-refractivity contribution in [3.05, 3.63) is 71.8 Å². The zero-order chi connectivity index (χ0) is 43.6. The smallest absolute Gasteiger partial charge is 0.239 e. The van der Waals surface area contributed by atoms with Gasteiger partial charge in [-0.3, -0.25) is 9.59 Å². The predicted octanol–water partition coefficient (Wildman–Crippen LogP) is 9.94. The Morgan fingerprint density at radius 1 is 1.02 bits per heavy atom. The zero-order valence-corrected chi connectivity index (χ0v) is 37.2. The normalized spacial score (nSPS) is 25.2. The van der Waals surface area contributed by atoms with E-state index in [1.165, 1.54) is 32.8 Å². The number of methoxy groups -OCH3 is 1. The fraction of sp³-hybridized carbons (Fsp3) is 0.620. The van der Waals surface area contributed by atoms with Gasteiger partial charge >= 0.3 is 0 Å². The molecule has 6 rings (SSSR count). The number of nitrogens with zero attached hydrogens (tertiary/aromatic N) is 2. The summed E-state index contributed by atoms with van der Waals surface area (Å²) in [5.41, 5.74) is 2.57. The van der Waals surface area contributed by atoms with E-state index in [0.29, 0.717) is 66.7 Å². The Balaban J connectivity index is 1.56. The van der Waals surface area contributed by atoms with Crippen LogP contribution in [0, 0.1) is 23.7 Å². The SMILES string of the molecule is C=CCO[C@@]12Oc3ccc(Oc4ccc(OC)c(C=O)c4)cc3[C@H]3[C@H](CCCCO)[C@@H](CCCCO)C=C(C(=NOC(C)(C)C)C[C@@H]1N(CCC)C(=O)CCC1CCCC1)[C@H]32. The number of unbranched alkanes of at least 4 members (excludes halogenated alkanes) is 2. The lowest BCUT2D eigenvalue weighted by Gasteiger charge is -2.60. The van der Waals surface area contributed by atoms with Crippen LogP contribution >= 0.6 is 0 Å². The second-order valence-corrected chi connectivity index (χ2v) is 18.4. The second-order valence-electron chi connectivity index (χ2n) is 18.4. The topological polar surface area (TPSA) is 136 Å². The molecule has 0 saturated heterocycles. The Morgan fingerprint density at radius 2 is 1.74 bits per heavy atom. The fourth-order valence-electron chi connectivity index (χ4n) is 10.4. The van der Waals surface area contributed by atoms with Gasteiger partial charge in [0.2, 0.25) is 11.7 Å². The number of fused-ring (bicyclic) bond motifs is 2. The third kappa shape index (κ3) is 10.7. The van der Waals surface area contributed by atoms with Crippen LogP contribution in [-0.4, -0.2) is 83.9 Å². The third-order valence-corrected chi connectivity index (χ3v) is 13.0. The maximum Gasteiger partial charge on any atom is 0.239 e. The Bertz CT molecular complexity index is 1860. The number of aliphatic hydroxyl groups excluding tert-OH is 2. The van der Waals surface area contributed by atoms with Crippen LogP contribution in [0.25, 0.3) is 0 Å². The number of rotatable bonds is 22. The van der Waals surface area contributed by atoms with Crippen LogP contribution in [-0.2, 0) is 14.4 Å². The van der Waals surface area contributed by atoms with E-state index in [0.717, 1.165) is 61.7 Å². The number of hydrogen-bond acceptors (Lipinski definition) is 10. The van der Waals surface area contributed by atoms with Crippen molar-refractivity contribution >= 4 is 17.9 Å². The minimum Gasteiger partial charge on any atom is -0.496 e. The number of aliphatic hydroxyl groups is 2. The first kappa shape index (κ1) is 46.3. The largest absolute Gasteiger partial charge is 0.496 e. The van der Waals surface area contributed by atoms with Crippen LogP contribution in [0.2, 0.25) is 0 Å². The van der Waals surface area contributed by atoms with Crippen LogP contribution in [0.1, 0.15) is 139 Å². The molecule has 61 heavy (non-hydrogen) atoms. The second kappa shape index (κ2) is 21.3. The van der Waals surface area contributed by atoms with Gasteiger partial charge in [0, 0.05) is 44.1 Å². The van der Waals surface area contributed by atoms with Gasteiger partial charge in [-0.05, 0) is 119 Å². The molecule has 11 nitrogen and oxygen atoms in total. The quantitative estimate of drug-likeness (QED) is 0.0514. The van der Waals surface area contributed by atoms with Gasteiger partial charge in [0.15, 0.2) is 6.29 Å². The number of ether oxygens (including phenoxy) is 4. The van der Waals surface area contributed by atoms with E-state index in [9.17, 15) is 19.8 Å². The molecule has 4 aliphatic rings. The summed E-state index contributed by atoms with van der Waals surface area (Å²) in [6, 6.07) is 10.5. The van der Waals surface area contributed by atoms with Crippen molar-refractivity contribution in [1.82, 2.24) is 4.90 Å². The first-order valence-corrected chi connectivity index (χ1v) is 22.9. The molecule has 1 amide bonds. The highest BCUT2D eigenvalue weighted by molar-refractivity contribution is 6.03. The molecular weight excluding hydrogens is 773 g/mol. The molecule has 6 atom stereocenters. The van der Waals surface area contributed by atoms with Crippen molar-refractivity contribution in [1.29, 1.82) is 0 Å². The van der Waals surface area contributed by atoms with Gasteiger partial charge in [0.1, 0.15) is 34.6 Å². The van der Waals surface area contributed by atoms with Gasteiger partial charge in [-0.25, -0.2) is 0 Å². The molecule has 1 aliphatic heterocycles. The average molecular weight is 843 g/mol. The molecule has 0 bridgehead atoms. The van der Waals surface area contributed by atoms with E-state index in [1.807, 2.05) is 37.8 Å². The highest BCUT2D eigenvalue weighted by Crippen LogP contribution is 2.62. The molecule has 3 aliphatic carbocycles. The highest BCUT2D eigenvalue weighted by Gasteiger charge is 2.65. The molecule has 2 fully saturated rings. The minimum atomic E-state index is -1.31. The molecule has 334 valence electrons. The van der Waals surface area contributed by atoms with Crippen molar-refractivity contribution in [3.8, 4) is 23.0 Å². The summed E-state index contributed by atoms with van der Waals surface area (Å²) in [5.74, 6) is 1.15. The van der Waals surface area contributed by atoms with Crippen LogP contribution in [0.15, 0.2) is 65.9 Å². The predicted molar refractivity (Wildman–Crippen MR) is 237 cm³/mol. The van der Waals surface area contributed by atoms with Crippen molar-refractivity contribution in [3.63, 3.8) is 0 Å². The first-order valence-electron chi connectivity index (χ1n) is 22.9. The molecule has 11 heteroatoms. The summed E-state index contributed by atoms with van der Waals surface area (Å²) in [6.07, 6.45) is 16.8. The molecule has 0 aromatic heterocycles. The van der Waals surface area contributed by atoms with E-state index >= 15 is 0 Å². The number of aldehydes is 1. The summed E-state index contributed by atoms with van der Waals surface area (Å²) in [7, 11) is 1.53. The molecule has 2 saturated carbocycles. The van der Waals surface area contributed by atoms with Gasteiger partial charge in [-0.15, -0.1) is 6.58 Å². The summed E-state index contributed by atoms with van der Waals surface area (Å²) < 4.78 is 26.4. The van der Waals surface area contributed by atoms with Gasteiger partial charge < -0.3 is 38.9 Å². The summed E-state index contributed by atoms with van der Waals surface area (Å²) in [5, 5.41) is 24.9. The van der Waals surface area contributed by atoms with Crippen LogP contribution in [0.5, 0.6) is 23.0 Å². The number of allylic oxidation sites excluding steroid dienone is 1. The molecule has 0 radical (unpaired) electrons. The highest BCUT2D eigenvalue weighted by atomic mass is 16.7. The number of oxime groups is 1. The maximum absolute atomic E-state index is 14.8. The zero-order valence-electron chi connectivity index (χ0n) is 37.2. The number of carbonyl (C=O) groups is 2. The summed E-state index contributed by atoms with van der Waals surface area (Å²) in [6.45, 7) is 13.1. The number of hydrogen-bond donors (Lipinski definition) is 2. The van der Waals surface area contributed by atoms with Gasteiger partial charge in [-0.1, -0.05) is 62.8 Å². The number of carbonyl (C=O) groups excluding carboxylic acids is 2. The summed E-state index contributed by atoms with van der Waals surface area (Å²) in [4.78, 5) is 35.0. The molecule has 0 spiro atoms. The lowest BCUT2D eigenvalue weighted by molar-refractivity contribution is -0.257. The van der Waals surface area contributed by atoms with E-state index in [-0.39, 0.29) is 43.5 Å². The van der Waals surface area contributed by atoms with Crippen molar-refractivity contribution < 1.29 is 43.6 Å².